The smallest absolute Gasteiger partial charge is 0.164 e. The maximum atomic E-state index is 4.79. The van der Waals surface area contributed by atoms with Crippen LogP contribution in [0.5, 0.6) is 0 Å². The molecule has 0 radical (unpaired) electrons. The van der Waals surface area contributed by atoms with Crippen molar-refractivity contribution in [1.82, 2.24) is 19.9 Å². The van der Waals surface area contributed by atoms with Gasteiger partial charge in [0.25, 0.3) is 0 Å². The monoisotopic (exact) mass is 311 g/mol. The fraction of sp³-hybridized carbons (Fsp3) is 0.556. The van der Waals surface area contributed by atoms with E-state index >= 15 is 0 Å². The van der Waals surface area contributed by atoms with Crippen LogP contribution in [-0.2, 0) is 6.42 Å². The van der Waals surface area contributed by atoms with Gasteiger partial charge < -0.3 is 5.32 Å². The van der Waals surface area contributed by atoms with Gasteiger partial charge in [-0.2, -0.15) is 0 Å². The molecule has 1 unspecified atom stereocenters. The second-order valence-corrected chi connectivity index (χ2v) is 6.54. The van der Waals surface area contributed by atoms with Crippen molar-refractivity contribution < 1.29 is 0 Å². The van der Waals surface area contributed by atoms with E-state index in [1.165, 1.54) is 37.6 Å². The first kappa shape index (κ1) is 15.8. The molecule has 122 valence electrons. The second-order valence-electron chi connectivity index (χ2n) is 6.54. The number of anilines is 1. The van der Waals surface area contributed by atoms with Crippen LogP contribution in [0, 0.1) is 5.92 Å². The van der Waals surface area contributed by atoms with Gasteiger partial charge in [-0.25, -0.2) is 19.9 Å². The molecule has 5 heteroatoms. The highest BCUT2D eigenvalue weighted by molar-refractivity contribution is 5.56. The SMILES string of the molecule is CCC(C)Cc1cnc(-c2cncnc2)nc1NC1CCCC1. The number of nitrogens with zero attached hydrogens (tertiary/aromatic N) is 4. The summed E-state index contributed by atoms with van der Waals surface area (Å²) in [7, 11) is 0. The van der Waals surface area contributed by atoms with Crippen LogP contribution in [0.25, 0.3) is 11.4 Å². The lowest BCUT2D eigenvalue weighted by molar-refractivity contribution is 0.558. The quantitative estimate of drug-likeness (QED) is 0.877. The fourth-order valence-electron chi connectivity index (χ4n) is 3.02. The van der Waals surface area contributed by atoms with Crippen molar-refractivity contribution in [2.24, 2.45) is 5.92 Å². The Bertz CT molecular complexity index is 623. The molecule has 2 heterocycles. The van der Waals surface area contributed by atoms with Crippen LogP contribution in [0.3, 0.4) is 0 Å². The molecule has 1 atom stereocenters. The van der Waals surface area contributed by atoms with E-state index in [9.17, 15) is 0 Å². The number of hydrogen-bond donors (Lipinski definition) is 1. The zero-order chi connectivity index (χ0) is 16.1. The van der Waals surface area contributed by atoms with Crippen LogP contribution in [-0.4, -0.2) is 26.0 Å². The first-order valence-electron chi connectivity index (χ1n) is 8.64. The van der Waals surface area contributed by atoms with Crippen LogP contribution < -0.4 is 5.32 Å². The lowest BCUT2D eigenvalue weighted by Gasteiger charge is -2.18. The van der Waals surface area contributed by atoms with Crippen molar-refractivity contribution in [3.8, 4) is 11.4 Å². The topological polar surface area (TPSA) is 63.6 Å². The molecule has 2 aromatic rings. The molecular weight excluding hydrogens is 286 g/mol. The molecule has 1 fully saturated rings. The molecule has 3 rings (SSSR count). The predicted molar refractivity (Wildman–Crippen MR) is 92.1 cm³/mol. The minimum atomic E-state index is 0.542. The molecule has 0 saturated heterocycles. The Labute approximate surface area is 138 Å². The van der Waals surface area contributed by atoms with Crippen LogP contribution in [0.2, 0.25) is 0 Å². The highest BCUT2D eigenvalue weighted by atomic mass is 15.1. The first-order chi connectivity index (χ1) is 11.3. The molecular formula is C18H25N5. The Hall–Kier alpha value is -2.04. The Morgan fingerprint density at radius 1 is 1.17 bits per heavy atom. The predicted octanol–water partition coefficient (Wildman–Crippen LogP) is 3.88. The molecule has 0 aliphatic heterocycles. The van der Waals surface area contributed by atoms with E-state index in [0.717, 1.165) is 24.2 Å². The van der Waals surface area contributed by atoms with Gasteiger partial charge in [-0.1, -0.05) is 33.1 Å². The van der Waals surface area contributed by atoms with Gasteiger partial charge in [0.2, 0.25) is 0 Å². The van der Waals surface area contributed by atoms with E-state index in [4.69, 9.17) is 4.98 Å². The summed E-state index contributed by atoms with van der Waals surface area (Å²) in [5, 5.41) is 3.66. The first-order valence-corrected chi connectivity index (χ1v) is 8.64. The molecule has 0 spiro atoms. The Morgan fingerprint density at radius 3 is 2.61 bits per heavy atom. The van der Waals surface area contributed by atoms with E-state index in [-0.39, 0.29) is 0 Å². The van der Waals surface area contributed by atoms with Gasteiger partial charge in [0.1, 0.15) is 12.1 Å². The fourth-order valence-corrected chi connectivity index (χ4v) is 3.02. The van der Waals surface area contributed by atoms with Crippen molar-refractivity contribution in [3.63, 3.8) is 0 Å². The van der Waals surface area contributed by atoms with Gasteiger partial charge >= 0.3 is 0 Å². The van der Waals surface area contributed by atoms with Gasteiger partial charge in [0, 0.05) is 30.2 Å². The van der Waals surface area contributed by atoms with Gasteiger partial charge in [-0.05, 0) is 25.2 Å². The standard InChI is InChI=1S/C18H25N5/c1-3-13(2)8-14-11-21-17(15-9-19-12-20-10-15)23-18(14)22-16-6-4-5-7-16/h9-13,16H,3-8H2,1-2H3,(H,21,22,23). The Kier molecular flexibility index (Phi) is 5.16. The zero-order valence-corrected chi connectivity index (χ0v) is 14.0. The third kappa shape index (κ3) is 4.03. The summed E-state index contributed by atoms with van der Waals surface area (Å²) in [5.41, 5.74) is 2.07. The number of hydrogen-bond acceptors (Lipinski definition) is 5. The van der Waals surface area contributed by atoms with Crippen LogP contribution in [0.1, 0.15) is 51.5 Å². The molecule has 1 aliphatic carbocycles. The summed E-state index contributed by atoms with van der Waals surface area (Å²) in [4.78, 5) is 17.5. The third-order valence-corrected chi connectivity index (χ3v) is 4.64. The van der Waals surface area contributed by atoms with Crippen molar-refractivity contribution in [2.75, 3.05) is 5.32 Å². The average Bonchev–Trinajstić information content (AvgIpc) is 3.10. The lowest BCUT2D eigenvalue weighted by atomic mass is 10.00. The molecule has 0 bridgehead atoms. The van der Waals surface area contributed by atoms with Gasteiger partial charge in [-0.15, -0.1) is 0 Å². The van der Waals surface area contributed by atoms with E-state index in [1.807, 2.05) is 6.20 Å². The summed E-state index contributed by atoms with van der Waals surface area (Å²) < 4.78 is 0. The summed E-state index contributed by atoms with van der Waals surface area (Å²) in [6, 6.07) is 0.542. The number of rotatable bonds is 6. The third-order valence-electron chi connectivity index (χ3n) is 4.64. The molecule has 1 saturated carbocycles. The normalized spacial score (nSPS) is 16.4. The average molecular weight is 311 g/mol. The molecule has 2 aromatic heterocycles. The highest BCUT2D eigenvalue weighted by Gasteiger charge is 2.18. The summed E-state index contributed by atoms with van der Waals surface area (Å²) in [6.07, 6.45) is 14.3. The minimum absolute atomic E-state index is 0.542. The molecule has 1 N–H and O–H groups in total. The van der Waals surface area contributed by atoms with Crippen molar-refractivity contribution in [1.29, 1.82) is 0 Å². The van der Waals surface area contributed by atoms with E-state index in [0.29, 0.717) is 17.8 Å². The lowest BCUT2D eigenvalue weighted by Crippen LogP contribution is -2.18. The minimum Gasteiger partial charge on any atom is -0.367 e. The zero-order valence-electron chi connectivity index (χ0n) is 14.0. The molecule has 23 heavy (non-hydrogen) atoms. The van der Waals surface area contributed by atoms with Crippen molar-refractivity contribution in [2.45, 2.75) is 58.4 Å². The number of nitrogens with one attached hydrogen (secondary N) is 1. The van der Waals surface area contributed by atoms with Crippen molar-refractivity contribution >= 4 is 5.82 Å². The van der Waals surface area contributed by atoms with Gasteiger partial charge in [-0.3, -0.25) is 0 Å². The summed E-state index contributed by atoms with van der Waals surface area (Å²) in [6.45, 7) is 4.50. The maximum Gasteiger partial charge on any atom is 0.164 e. The molecule has 0 amide bonds. The van der Waals surface area contributed by atoms with Crippen LogP contribution >= 0.6 is 0 Å². The molecule has 5 nitrogen and oxygen atoms in total. The van der Waals surface area contributed by atoms with Crippen LogP contribution in [0.15, 0.2) is 24.9 Å². The highest BCUT2D eigenvalue weighted by Crippen LogP contribution is 2.26. The molecule has 0 aromatic carbocycles. The Morgan fingerprint density at radius 2 is 1.91 bits per heavy atom. The van der Waals surface area contributed by atoms with E-state index < -0.39 is 0 Å². The van der Waals surface area contributed by atoms with Gasteiger partial charge in [0.05, 0.1) is 5.56 Å². The Balaban J connectivity index is 1.89. The van der Waals surface area contributed by atoms with Gasteiger partial charge in [0.15, 0.2) is 5.82 Å². The maximum absolute atomic E-state index is 4.79. The van der Waals surface area contributed by atoms with E-state index in [1.54, 1.807) is 12.4 Å². The summed E-state index contributed by atoms with van der Waals surface area (Å²) >= 11 is 0. The van der Waals surface area contributed by atoms with Crippen molar-refractivity contribution in [3.05, 3.63) is 30.5 Å². The molecule has 1 aliphatic rings. The largest absolute Gasteiger partial charge is 0.367 e. The second kappa shape index (κ2) is 7.49. The van der Waals surface area contributed by atoms with Crippen LogP contribution in [0.4, 0.5) is 5.82 Å². The van der Waals surface area contributed by atoms with E-state index in [2.05, 4.69) is 34.1 Å². The number of aromatic nitrogens is 4. The summed E-state index contributed by atoms with van der Waals surface area (Å²) in [5.74, 6) is 2.32.